The summed E-state index contributed by atoms with van der Waals surface area (Å²) in [6.45, 7) is 8.07. The summed E-state index contributed by atoms with van der Waals surface area (Å²) in [5.41, 5.74) is 4.66. The van der Waals surface area contributed by atoms with Crippen molar-refractivity contribution in [3.63, 3.8) is 0 Å². The highest BCUT2D eigenvalue weighted by atomic mass is 16.3. The maximum Gasteiger partial charge on any atom is 0.244 e. The molecule has 3 nitrogen and oxygen atoms in total. The molecule has 1 rings (SSSR count). The van der Waals surface area contributed by atoms with Crippen molar-refractivity contribution in [3.8, 4) is 0 Å². The standard InChI is InChI=1S/C15H21NO2/c1-10-7-12(3)14(8-11(10)2)5-6-15(18)16-9-13(4)17/h5-8,13,17H,9H2,1-4H3,(H,16,18)/b6-5+. The topological polar surface area (TPSA) is 49.3 Å². The molecule has 0 fully saturated rings. The highest BCUT2D eigenvalue weighted by Crippen LogP contribution is 2.16. The minimum Gasteiger partial charge on any atom is -0.392 e. The molecule has 0 bridgehead atoms. The van der Waals surface area contributed by atoms with Crippen molar-refractivity contribution in [1.29, 1.82) is 0 Å². The monoisotopic (exact) mass is 247 g/mol. The Labute approximate surface area is 109 Å². The Balaban J connectivity index is 2.72. The summed E-state index contributed by atoms with van der Waals surface area (Å²) in [7, 11) is 0. The molecule has 0 aliphatic heterocycles. The molecule has 3 heteroatoms. The fourth-order valence-electron chi connectivity index (χ4n) is 1.64. The molecule has 1 aromatic rings. The number of aliphatic hydroxyl groups is 1. The zero-order valence-corrected chi connectivity index (χ0v) is 11.4. The maximum absolute atomic E-state index is 11.5. The number of hydrogen-bond donors (Lipinski definition) is 2. The smallest absolute Gasteiger partial charge is 0.244 e. The van der Waals surface area contributed by atoms with Gasteiger partial charge in [-0.15, -0.1) is 0 Å². The van der Waals surface area contributed by atoms with Crippen LogP contribution in [0.5, 0.6) is 0 Å². The van der Waals surface area contributed by atoms with Crippen molar-refractivity contribution in [2.45, 2.75) is 33.8 Å². The van der Waals surface area contributed by atoms with Gasteiger partial charge in [0.2, 0.25) is 5.91 Å². The first kappa shape index (κ1) is 14.5. The molecule has 0 spiro atoms. The molecule has 0 aromatic heterocycles. The van der Waals surface area contributed by atoms with Crippen LogP contribution in [0.1, 0.15) is 29.2 Å². The lowest BCUT2D eigenvalue weighted by Gasteiger charge is -2.06. The predicted molar refractivity (Wildman–Crippen MR) is 74.4 cm³/mol. The Morgan fingerprint density at radius 2 is 1.89 bits per heavy atom. The van der Waals surface area contributed by atoms with Gasteiger partial charge in [0.1, 0.15) is 0 Å². The quantitative estimate of drug-likeness (QED) is 0.801. The Morgan fingerprint density at radius 1 is 1.28 bits per heavy atom. The van der Waals surface area contributed by atoms with Gasteiger partial charge in [-0.25, -0.2) is 0 Å². The van der Waals surface area contributed by atoms with E-state index in [9.17, 15) is 4.79 Å². The Morgan fingerprint density at radius 3 is 2.50 bits per heavy atom. The molecule has 0 aliphatic carbocycles. The van der Waals surface area contributed by atoms with Crippen LogP contribution in [0.3, 0.4) is 0 Å². The Bertz CT molecular complexity index is 462. The van der Waals surface area contributed by atoms with Gasteiger partial charge >= 0.3 is 0 Å². The first-order valence-corrected chi connectivity index (χ1v) is 6.12. The molecule has 18 heavy (non-hydrogen) atoms. The average Bonchev–Trinajstić information content (AvgIpc) is 2.29. The van der Waals surface area contributed by atoms with Crippen LogP contribution in [0.4, 0.5) is 0 Å². The lowest BCUT2D eigenvalue weighted by Crippen LogP contribution is -2.28. The van der Waals surface area contributed by atoms with Gasteiger partial charge in [-0.1, -0.05) is 12.1 Å². The third kappa shape index (κ3) is 4.34. The van der Waals surface area contributed by atoms with E-state index < -0.39 is 6.10 Å². The lowest BCUT2D eigenvalue weighted by atomic mass is 10.0. The van der Waals surface area contributed by atoms with Crippen molar-refractivity contribution in [1.82, 2.24) is 5.32 Å². The van der Waals surface area contributed by atoms with Crippen LogP contribution in [0.25, 0.3) is 6.08 Å². The van der Waals surface area contributed by atoms with Crippen LogP contribution in [-0.4, -0.2) is 23.7 Å². The molecule has 98 valence electrons. The summed E-state index contributed by atoms with van der Waals surface area (Å²) in [6, 6.07) is 4.19. The number of aryl methyl sites for hydroxylation is 3. The molecule has 0 aliphatic rings. The van der Waals surface area contributed by atoms with E-state index in [-0.39, 0.29) is 12.5 Å². The van der Waals surface area contributed by atoms with Crippen molar-refractivity contribution in [3.05, 3.63) is 40.5 Å². The third-order valence-corrected chi connectivity index (χ3v) is 2.87. The lowest BCUT2D eigenvalue weighted by molar-refractivity contribution is -0.116. The predicted octanol–water partition coefficient (Wildman–Crippen LogP) is 2.12. The van der Waals surface area contributed by atoms with E-state index in [1.807, 2.05) is 6.92 Å². The number of rotatable bonds is 4. The van der Waals surface area contributed by atoms with Crippen LogP contribution < -0.4 is 5.32 Å². The molecule has 0 heterocycles. The SMILES string of the molecule is Cc1cc(C)c(/C=C/C(=O)NCC(C)O)cc1C. The second kappa shape index (κ2) is 6.36. The van der Waals surface area contributed by atoms with Crippen molar-refractivity contribution in [2.75, 3.05) is 6.54 Å². The van der Waals surface area contributed by atoms with Crippen LogP contribution in [-0.2, 0) is 4.79 Å². The average molecular weight is 247 g/mol. The van der Waals surface area contributed by atoms with Gasteiger partial charge < -0.3 is 10.4 Å². The normalized spacial score (nSPS) is 12.7. The van der Waals surface area contributed by atoms with Gasteiger partial charge in [0.15, 0.2) is 0 Å². The number of carbonyl (C=O) groups is 1. The highest BCUT2D eigenvalue weighted by molar-refractivity contribution is 5.91. The van der Waals surface area contributed by atoms with Crippen LogP contribution >= 0.6 is 0 Å². The maximum atomic E-state index is 11.5. The van der Waals surface area contributed by atoms with E-state index in [1.165, 1.54) is 17.2 Å². The third-order valence-electron chi connectivity index (χ3n) is 2.87. The molecule has 1 atom stereocenters. The number of aliphatic hydroxyl groups excluding tert-OH is 1. The van der Waals surface area contributed by atoms with E-state index >= 15 is 0 Å². The van der Waals surface area contributed by atoms with Gasteiger partial charge in [0.25, 0.3) is 0 Å². The van der Waals surface area contributed by atoms with E-state index in [0.29, 0.717) is 0 Å². The number of carbonyl (C=O) groups excluding carboxylic acids is 1. The summed E-state index contributed by atoms with van der Waals surface area (Å²) in [4.78, 5) is 11.5. The number of benzene rings is 1. The molecule has 1 amide bonds. The summed E-state index contributed by atoms with van der Waals surface area (Å²) in [5, 5.41) is 11.7. The van der Waals surface area contributed by atoms with Gasteiger partial charge in [-0.2, -0.15) is 0 Å². The fourth-order valence-corrected chi connectivity index (χ4v) is 1.64. The van der Waals surface area contributed by atoms with Gasteiger partial charge in [-0.05, 0) is 56.0 Å². The first-order valence-electron chi connectivity index (χ1n) is 6.12. The Kier molecular flexibility index (Phi) is 5.10. The largest absolute Gasteiger partial charge is 0.392 e. The molecular formula is C15H21NO2. The molecule has 1 aromatic carbocycles. The van der Waals surface area contributed by atoms with E-state index in [2.05, 4.69) is 31.3 Å². The zero-order chi connectivity index (χ0) is 13.7. The summed E-state index contributed by atoms with van der Waals surface area (Å²) in [6.07, 6.45) is 2.78. The van der Waals surface area contributed by atoms with Gasteiger partial charge in [-0.3, -0.25) is 4.79 Å². The van der Waals surface area contributed by atoms with E-state index in [4.69, 9.17) is 5.11 Å². The van der Waals surface area contributed by atoms with Crippen LogP contribution in [0, 0.1) is 20.8 Å². The highest BCUT2D eigenvalue weighted by Gasteiger charge is 2.01. The van der Waals surface area contributed by atoms with Crippen LogP contribution in [0.2, 0.25) is 0 Å². The van der Waals surface area contributed by atoms with E-state index in [1.54, 1.807) is 13.0 Å². The van der Waals surface area contributed by atoms with Gasteiger partial charge in [0.05, 0.1) is 6.10 Å². The van der Waals surface area contributed by atoms with Crippen LogP contribution in [0.15, 0.2) is 18.2 Å². The molecule has 2 N–H and O–H groups in total. The zero-order valence-electron chi connectivity index (χ0n) is 11.4. The number of amides is 1. The van der Waals surface area contributed by atoms with E-state index in [0.717, 1.165) is 11.1 Å². The molecule has 0 saturated carbocycles. The van der Waals surface area contributed by atoms with Gasteiger partial charge in [0, 0.05) is 12.6 Å². The second-order valence-electron chi connectivity index (χ2n) is 4.72. The Hall–Kier alpha value is -1.61. The van der Waals surface area contributed by atoms with Crippen molar-refractivity contribution >= 4 is 12.0 Å². The van der Waals surface area contributed by atoms with Crippen molar-refractivity contribution < 1.29 is 9.90 Å². The summed E-state index contributed by atoms with van der Waals surface area (Å²) >= 11 is 0. The second-order valence-corrected chi connectivity index (χ2v) is 4.72. The van der Waals surface area contributed by atoms with Crippen molar-refractivity contribution in [2.24, 2.45) is 0 Å². The number of nitrogens with one attached hydrogen (secondary N) is 1. The minimum atomic E-state index is -0.522. The summed E-state index contributed by atoms with van der Waals surface area (Å²) in [5.74, 6) is -0.187. The first-order chi connectivity index (χ1) is 8.40. The molecular weight excluding hydrogens is 226 g/mol. The summed E-state index contributed by atoms with van der Waals surface area (Å²) < 4.78 is 0. The molecule has 0 radical (unpaired) electrons. The number of hydrogen-bond acceptors (Lipinski definition) is 2. The molecule has 0 saturated heterocycles. The minimum absolute atomic E-state index is 0.187. The fraction of sp³-hybridized carbons (Fsp3) is 0.400. The molecule has 1 unspecified atom stereocenters.